The van der Waals surface area contributed by atoms with Gasteiger partial charge in [0.15, 0.2) is 0 Å². The second-order valence-electron chi connectivity index (χ2n) is 3.93. The molecule has 0 aromatic carbocycles. The van der Waals surface area contributed by atoms with E-state index in [2.05, 4.69) is 6.26 Å². The van der Waals surface area contributed by atoms with Crippen LogP contribution in [0.1, 0.15) is 38.5 Å². The van der Waals surface area contributed by atoms with Crippen LogP contribution in [0.2, 0.25) is 0 Å². The van der Waals surface area contributed by atoms with Crippen molar-refractivity contribution in [2.45, 2.75) is 44.6 Å². The lowest BCUT2D eigenvalue weighted by Crippen LogP contribution is -2.27. The smallest absolute Gasteiger partial charge is 0.00414 e. The van der Waals surface area contributed by atoms with Crippen molar-refractivity contribution in [3.63, 3.8) is 0 Å². The van der Waals surface area contributed by atoms with Crippen LogP contribution in [-0.2, 0) is 0 Å². The summed E-state index contributed by atoms with van der Waals surface area (Å²) >= 11 is 1.96. The summed E-state index contributed by atoms with van der Waals surface area (Å²) in [5.74, 6) is 2.27. The number of nitrogens with two attached hydrogens (primary N) is 1. The maximum absolute atomic E-state index is 5.92. The normalized spacial score (nSPS) is 30.5. The van der Waals surface area contributed by atoms with E-state index in [1.165, 1.54) is 44.3 Å². The van der Waals surface area contributed by atoms with Gasteiger partial charge in [0.2, 0.25) is 0 Å². The Hall–Kier alpha value is 0.310. The Morgan fingerprint density at radius 1 is 1.42 bits per heavy atom. The second kappa shape index (κ2) is 5.87. The molecule has 1 aliphatic carbocycles. The fourth-order valence-electron chi connectivity index (χ4n) is 2.11. The van der Waals surface area contributed by atoms with Crippen LogP contribution < -0.4 is 5.73 Å². The molecular formula is C10H21NS. The van der Waals surface area contributed by atoms with E-state index in [4.69, 9.17) is 5.73 Å². The fraction of sp³-hybridized carbons (Fsp3) is 1.00. The summed E-state index contributed by atoms with van der Waals surface area (Å²) in [6.07, 6.45) is 10.3. The minimum atomic E-state index is 0.512. The molecule has 2 heteroatoms. The second-order valence-corrected chi connectivity index (χ2v) is 4.91. The number of rotatable bonds is 4. The van der Waals surface area contributed by atoms with E-state index in [-0.39, 0.29) is 0 Å². The SMILES string of the molecule is CSCCCC1CCCC(N)C1. The summed E-state index contributed by atoms with van der Waals surface area (Å²) in [6, 6.07) is 0.512. The molecule has 2 unspecified atom stereocenters. The molecule has 0 amide bonds. The van der Waals surface area contributed by atoms with E-state index in [0.717, 1.165) is 5.92 Å². The van der Waals surface area contributed by atoms with Gasteiger partial charge in [-0.1, -0.05) is 12.8 Å². The standard InChI is InChI=1S/C10H21NS/c1-12-7-3-5-9-4-2-6-10(11)8-9/h9-10H,2-8,11H2,1H3. The van der Waals surface area contributed by atoms with Crippen LogP contribution in [0, 0.1) is 5.92 Å². The quantitative estimate of drug-likeness (QED) is 0.685. The molecule has 1 aliphatic rings. The topological polar surface area (TPSA) is 26.0 Å². The number of hydrogen-bond acceptors (Lipinski definition) is 2. The molecule has 1 rings (SSSR count). The van der Waals surface area contributed by atoms with Gasteiger partial charge in [0, 0.05) is 6.04 Å². The molecule has 2 atom stereocenters. The highest BCUT2D eigenvalue weighted by atomic mass is 32.2. The maximum atomic E-state index is 5.92. The van der Waals surface area contributed by atoms with Crippen LogP contribution >= 0.6 is 11.8 Å². The zero-order valence-corrected chi connectivity index (χ0v) is 8.91. The number of hydrogen-bond donors (Lipinski definition) is 1. The molecule has 2 N–H and O–H groups in total. The van der Waals surface area contributed by atoms with Crippen LogP contribution in [0.25, 0.3) is 0 Å². The van der Waals surface area contributed by atoms with Gasteiger partial charge in [-0.15, -0.1) is 0 Å². The summed E-state index contributed by atoms with van der Waals surface area (Å²) in [7, 11) is 0. The Bertz CT molecular complexity index is 116. The van der Waals surface area contributed by atoms with Crippen LogP contribution in [0.5, 0.6) is 0 Å². The molecule has 72 valence electrons. The van der Waals surface area contributed by atoms with Gasteiger partial charge in [-0.2, -0.15) is 11.8 Å². The lowest BCUT2D eigenvalue weighted by molar-refractivity contribution is 0.305. The lowest BCUT2D eigenvalue weighted by atomic mass is 9.84. The molecule has 0 aliphatic heterocycles. The molecule has 0 saturated heterocycles. The third-order valence-corrected chi connectivity index (χ3v) is 3.48. The van der Waals surface area contributed by atoms with Crippen LogP contribution in [-0.4, -0.2) is 18.1 Å². The minimum absolute atomic E-state index is 0.512. The van der Waals surface area contributed by atoms with Crippen LogP contribution in [0.3, 0.4) is 0 Å². The van der Waals surface area contributed by atoms with Crippen molar-refractivity contribution in [2.24, 2.45) is 11.7 Å². The summed E-state index contributed by atoms with van der Waals surface area (Å²) < 4.78 is 0. The van der Waals surface area contributed by atoms with Gasteiger partial charge in [-0.05, 0) is 43.6 Å². The first kappa shape index (κ1) is 10.4. The van der Waals surface area contributed by atoms with E-state index < -0.39 is 0 Å². The van der Waals surface area contributed by atoms with Gasteiger partial charge in [-0.25, -0.2) is 0 Å². The van der Waals surface area contributed by atoms with Crippen molar-refractivity contribution in [2.75, 3.05) is 12.0 Å². The first-order chi connectivity index (χ1) is 5.83. The molecule has 0 aromatic heterocycles. The fourth-order valence-corrected chi connectivity index (χ4v) is 2.57. The Morgan fingerprint density at radius 3 is 2.92 bits per heavy atom. The summed E-state index contributed by atoms with van der Waals surface area (Å²) in [5, 5.41) is 0. The summed E-state index contributed by atoms with van der Waals surface area (Å²) in [6.45, 7) is 0. The minimum Gasteiger partial charge on any atom is -0.328 e. The first-order valence-corrected chi connectivity index (χ1v) is 6.47. The number of thioether (sulfide) groups is 1. The van der Waals surface area contributed by atoms with Gasteiger partial charge in [-0.3, -0.25) is 0 Å². The first-order valence-electron chi connectivity index (χ1n) is 5.07. The van der Waals surface area contributed by atoms with Crippen molar-refractivity contribution >= 4 is 11.8 Å². The largest absolute Gasteiger partial charge is 0.328 e. The third-order valence-electron chi connectivity index (χ3n) is 2.78. The predicted octanol–water partition coefficient (Wildman–Crippen LogP) is 2.65. The van der Waals surface area contributed by atoms with E-state index in [1.807, 2.05) is 11.8 Å². The highest BCUT2D eigenvalue weighted by molar-refractivity contribution is 7.98. The molecule has 12 heavy (non-hydrogen) atoms. The van der Waals surface area contributed by atoms with E-state index >= 15 is 0 Å². The Labute approximate surface area is 80.5 Å². The molecule has 0 bridgehead atoms. The zero-order chi connectivity index (χ0) is 8.81. The average molecular weight is 187 g/mol. The third kappa shape index (κ3) is 3.81. The zero-order valence-electron chi connectivity index (χ0n) is 8.09. The van der Waals surface area contributed by atoms with E-state index in [9.17, 15) is 0 Å². The molecule has 1 nitrogen and oxygen atoms in total. The molecule has 1 saturated carbocycles. The van der Waals surface area contributed by atoms with Gasteiger partial charge in [0.25, 0.3) is 0 Å². The molecule has 1 fully saturated rings. The van der Waals surface area contributed by atoms with E-state index in [1.54, 1.807) is 0 Å². The van der Waals surface area contributed by atoms with Gasteiger partial charge in [0.05, 0.1) is 0 Å². The average Bonchev–Trinajstić information content (AvgIpc) is 2.05. The van der Waals surface area contributed by atoms with Crippen molar-refractivity contribution in [1.29, 1.82) is 0 Å². The Morgan fingerprint density at radius 2 is 2.25 bits per heavy atom. The van der Waals surface area contributed by atoms with Gasteiger partial charge < -0.3 is 5.73 Å². The summed E-state index contributed by atoms with van der Waals surface area (Å²) in [4.78, 5) is 0. The van der Waals surface area contributed by atoms with Crippen molar-refractivity contribution < 1.29 is 0 Å². The molecule has 0 spiro atoms. The van der Waals surface area contributed by atoms with Crippen molar-refractivity contribution in [1.82, 2.24) is 0 Å². The molecular weight excluding hydrogens is 166 g/mol. The van der Waals surface area contributed by atoms with Gasteiger partial charge >= 0.3 is 0 Å². The Balaban J connectivity index is 2.06. The highest BCUT2D eigenvalue weighted by Crippen LogP contribution is 2.27. The summed E-state index contributed by atoms with van der Waals surface area (Å²) in [5.41, 5.74) is 5.92. The van der Waals surface area contributed by atoms with E-state index in [0.29, 0.717) is 6.04 Å². The monoisotopic (exact) mass is 187 g/mol. The molecule has 0 heterocycles. The molecule has 0 radical (unpaired) electrons. The Kier molecular flexibility index (Phi) is 5.08. The predicted molar refractivity (Wildman–Crippen MR) is 57.5 cm³/mol. The lowest BCUT2D eigenvalue weighted by Gasteiger charge is -2.26. The van der Waals surface area contributed by atoms with Gasteiger partial charge in [0.1, 0.15) is 0 Å². The van der Waals surface area contributed by atoms with Crippen molar-refractivity contribution in [3.8, 4) is 0 Å². The highest BCUT2D eigenvalue weighted by Gasteiger charge is 2.18. The molecule has 0 aromatic rings. The van der Waals surface area contributed by atoms with Crippen molar-refractivity contribution in [3.05, 3.63) is 0 Å². The van der Waals surface area contributed by atoms with Crippen LogP contribution in [0.15, 0.2) is 0 Å². The van der Waals surface area contributed by atoms with Crippen LogP contribution in [0.4, 0.5) is 0 Å². The maximum Gasteiger partial charge on any atom is 0.00414 e.